The van der Waals surface area contributed by atoms with Gasteiger partial charge in [-0.25, -0.2) is 0 Å². The Balaban J connectivity index is 1.45. The molecule has 216 valence electrons. The first kappa shape index (κ1) is 29.1. The van der Waals surface area contributed by atoms with Crippen molar-refractivity contribution in [2.24, 2.45) is 10.8 Å². The van der Waals surface area contributed by atoms with Crippen LogP contribution in [-0.2, 0) is 14.4 Å². The predicted molar refractivity (Wildman–Crippen MR) is 162 cm³/mol. The van der Waals surface area contributed by atoms with Crippen LogP contribution in [0.5, 0.6) is 5.75 Å². The van der Waals surface area contributed by atoms with Gasteiger partial charge in [0.05, 0.1) is 5.02 Å². The summed E-state index contributed by atoms with van der Waals surface area (Å²) in [7, 11) is 2.00. The Morgan fingerprint density at radius 1 is 0.927 bits per heavy atom. The molecule has 3 aliphatic rings. The van der Waals surface area contributed by atoms with Gasteiger partial charge in [0, 0.05) is 54.0 Å². The van der Waals surface area contributed by atoms with E-state index in [1.807, 2.05) is 45.2 Å². The number of carbonyl (C=O) groups is 3. The van der Waals surface area contributed by atoms with Crippen molar-refractivity contribution in [1.29, 1.82) is 0 Å². The van der Waals surface area contributed by atoms with Gasteiger partial charge in [-0.2, -0.15) is 0 Å². The smallest absolute Gasteiger partial charge is 0.262 e. The largest absolute Gasteiger partial charge is 0.482 e. The molecule has 1 heterocycles. The Bertz CT molecular complexity index is 1480. The van der Waals surface area contributed by atoms with E-state index in [1.165, 1.54) is 0 Å². The van der Waals surface area contributed by atoms with Crippen LogP contribution >= 0.6 is 11.6 Å². The zero-order chi connectivity index (χ0) is 29.9. The maximum absolute atomic E-state index is 13.7. The zero-order valence-corrected chi connectivity index (χ0v) is 25.8. The lowest BCUT2D eigenvalue weighted by atomic mass is 9.64. The van der Waals surface area contributed by atoms with Crippen LogP contribution in [0.3, 0.4) is 0 Å². The zero-order valence-electron chi connectivity index (χ0n) is 25.0. The number of Topliss-reactive ketones (excluding diaryl/α,β-unsaturated/α-hetero) is 2. The normalized spacial score (nSPS) is 20.1. The second kappa shape index (κ2) is 10.5. The number of ketones is 2. The fourth-order valence-electron chi connectivity index (χ4n) is 6.60. The molecule has 5 rings (SSSR count). The molecule has 6 nitrogen and oxygen atoms in total. The Kier molecular flexibility index (Phi) is 7.44. The SMILES string of the molecule is Cc1ccc(NC(=O)COc2ccc(C3C4=C(CC(C)(C)CC4=O)N(C)C4=C3C(=O)CC(C)(C)C4)cc2Cl)c(C)c1. The van der Waals surface area contributed by atoms with Gasteiger partial charge < -0.3 is 15.0 Å². The summed E-state index contributed by atoms with van der Waals surface area (Å²) in [5.41, 5.74) is 6.71. The van der Waals surface area contributed by atoms with E-state index in [2.05, 4.69) is 37.9 Å². The molecule has 41 heavy (non-hydrogen) atoms. The topological polar surface area (TPSA) is 75.7 Å². The number of benzene rings is 2. The highest BCUT2D eigenvalue weighted by Gasteiger charge is 2.48. The van der Waals surface area contributed by atoms with Crippen molar-refractivity contribution >= 4 is 34.8 Å². The summed E-state index contributed by atoms with van der Waals surface area (Å²) < 4.78 is 5.79. The van der Waals surface area contributed by atoms with Gasteiger partial charge in [0.15, 0.2) is 18.2 Å². The number of hydrogen-bond donors (Lipinski definition) is 1. The molecule has 0 unspecified atom stereocenters. The number of ether oxygens (including phenoxy) is 1. The number of carbonyl (C=O) groups excluding carboxylic acids is 3. The van der Waals surface area contributed by atoms with E-state index >= 15 is 0 Å². The maximum atomic E-state index is 13.7. The lowest BCUT2D eigenvalue weighted by Gasteiger charge is -2.47. The molecule has 0 fully saturated rings. The van der Waals surface area contributed by atoms with E-state index in [4.69, 9.17) is 16.3 Å². The van der Waals surface area contributed by atoms with Crippen LogP contribution in [0.1, 0.15) is 76.0 Å². The predicted octanol–water partition coefficient (Wildman–Crippen LogP) is 7.29. The minimum atomic E-state index is -0.470. The van der Waals surface area contributed by atoms with Gasteiger partial charge in [-0.1, -0.05) is 63.1 Å². The van der Waals surface area contributed by atoms with Gasteiger partial charge >= 0.3 is 0 Å². The van der Waals surface area contributed by atoms with E-state index in [9.17, 15) is 14.4 Å². The number of allylic oxidation sites excluding steroid dienone is 4. The summed E-state index contributed by atoms with van der Waals surface area (Å²) in [5, 5.41) is 3.21. The van der Waals surface area contributed by atoms with E-state index in [-0.39, 0.29) is 34.9 Å². The second-order valence-electron chi connectivity index (χ2n) is 13.4. The van der Waals surface area contributed by atoms with Crippen LogP contribution in [0.4, 0.5) is 5.69 Å². The average molecular weight is 575 g/mol. The molecule has 2 aromatic rings. The molecule has 0 bridgehead atoms. The number of halogens is 1. The quantitative estimate of drug-likeness (QED) is 0.406. The number of nitrogens with one attached hydrogen (secondary N) is 1. The summed E-state index contributed by atoms with van der Waals surface area (Å²) in [6, 6.07) is 11.2. The highest BCUT2D eigenvalue weighted by Crippen LogP contribution is 2.54. The fraction of sp³-hybridized carbons (Fsp3) is 0.441. The van der Waals surface area contributed by atoms with Crippen molar-refractivity contribution < 1.29 is 19.1 Å². The van der Waals surface area contributed by atoms with Crippen LogP contribution in [0, 0.1) is 24.7 Å². The van der Waals surface area contributed by atoms with Gasteiger partial charge in [-0.3, -0.25) is 14.4 Å². The Hall–Kier alpha value is -3.38. The monoisotopic (exact) mass is 574 g/mol. The fourth-order valence-corrected chi connectivity index (χ4v) is 6.84. The van der Waals surface area contributed by atoms with Crippen molar-refractivity contribution in [3.05, 3.63) is 80.7 Å². The molecule has 0 saturated heterocycles. The van der Waals surface area contributed by atoms with Crippen molar-refractivity contribution in [3.8, 4) is 5.75 Å². The summed E-state index contributed by atoms with van der Waals surface area (Å²) >= 11 is 6.71. The molecule has 0 saturated carbocycles. The van der Waals surface area contributed by atoms with E-state index < -0.39 is 5.92 Å². The molecule has 0 atom stereocenters. The first-order valence-corrected chi connectivity index (χ1v) is 14.6. The van der Waals surface area contributed by atoms with Crippen LogP contribution < -0.4 is 10.1 Å². The maximum Gasteiger partial charge on any atom is 0.262 e. The van der Waals surface area contributed by atoms with E-state index in [1.54, 1.807) is 12.1 Å². The number of rotatable bonds is 5. The number of amides is 1. The molecule has 1 aliphatic heterocycles. The molecule has 2 aromatic carbocycles. The van der Waals surface area contributed by atoms with Crippen LogP contribution in [0.15, 0.2) is 58.9 Å². The minimum absolute atomic E-state index is 0.0804. The van der Waals surface area contributed by atoms with Gasteiger partial charge in [0.25, 0.3) is 5.91 Å². The van der Waals surface area contributed by atoms with Crippen molar-refractivity contribution in [2.75, 3.05) is 19.0 Å². The molecule has 1 N–H and O–H groups in total. The summed E-state index contributed by atoms with van der Waals surface area (Å²) in [6.45, 7) is 12.2. The molecular weight excluding hydrogens is 536 g/mol. The van der Waals surface area contributed by atoms with Gasteiger partial charge in [-0.15, -0.1) is 0 Å². The highest BCUT2D eigenvalue weighted by molar-refractivity contribution is 6.32. The third-order valence-electron chi connectivity index (χ3n) is 8.48. The average Bonchev–Trinajstić information content (AvgIpc) is 2.85. The molecule has 0 aromatic heterocycles. The van der Waals surface area contributed by atoms with E-state index in [0.29, 0.717) is 34.8 Å². The first-order chi connectivity index (χ1) is 19.2. The minimum Gasteiger partial charge on any atom is -0.482 e. The molecule has 0 radical (unpaired) electrons. The molecular formula is C34H39ClN2O4. The highest BCUT2D eigenvalue weighted by atomic mass is 35.5. The Labute approximate surface area is 247 Å². The Morgan fingerprint density at radius 2 is 1.51 bits per heavy atom. The van der Waals surface area contributed by atoms with Crippen LogP contribution in [0.2, 0.25) is 5.02 Å². The van der Waals surface area contributed by atoms with Crippen molar-refractivity contribution in [2.45, 2.75) is 73.1 Å². The summed E-state index contributed by atoms with van der Waals surface area (Å²) in [4.78, 5) is 42.1. The lowest BCUT2D eigenvalue weighted by molar-refractivity contribution is -0.120. The van der Waals surface area contributed by atoms with Crippen LogP contribution in [-0.4, -0.2) is 36.0 Å². The van der Waals surface area contributed by atoms with Crippen LogP contribution in [0.25, 0.3) is 0 Å². The summed E-state index contributed by atoms with van der Waals surface area (Å²) in [6.07, 6.45) is 2.39. The second-order valence-corrected chi connectivity index (χ2v) is 13.8. The van der Waals surface area contributed by atoms with E-state index in [0.717, 1.165) is 46.6 Å². The number of anilines is 1. The number of nitrogens with zero attached hydrogens (tertiary/aromatic N) is 1. The third-order valence-corrected chi connectivity index (χ3v) is 8.78. The third kappa shape index (κ3) is 5.72. The lowest BCUT2D eigenvalue weighted by Crippen LogP contribution is -2.43. The first-order valence-electron chi connectivity index (χ1n) is 14.2. The van der Waals surface area contributed by atoms with Gasteiger partial charge in [0.1, 0.15) is 5.75 Å². The van der Waals surface area contributed by atoms with Gasteiger partial charge in [0.2, 0.25) is 0 Å². The number of aryl methyl sites for hydroxylation is 2. The molecule has 7 heteroatoms. The van der Waals surface area contributed by atoms with Crippen molar-refractivity contribution in [3.63, 3.8) is 0 Å². The molecule has 1 amide bonds. The standard InChI is InChI=1S/C34H39ClN2O4/c1-19-8-10-23(20(2)12-19)36-29(40)18-41-28-11-9-21(13-22(28)35)30-31-24(14-33(3,4)16-26(31)38)37(7)25-15-34(5,6)17-27(39)32(25)30/h8-13,30H,14-18H2,1-7H3,(H,36,40). The number of hydrogen-bond acceptors (Lipinski definition) is 5. The Morgan fingerprint density at radius 3 is 2.05 bits per heavy atom. The summed E-state index contributed by atoms with van der Waals surface area (Å²) in [5.74, 6) is -0.228. The molecule has 2 aliphatic carbocycles. The molecule has 0 spiro atoms. The van der Waals surface area contributed by atoms with Gasteiger partial charge in [-0.05, 0) is 66.8 Å². The van der Waals surface area contributed by atoms with Crippen molar-refractivity contribution in [1.82, 2.24) is 4.90 Å².